The molecule has 3 aromatic rings. The van der Waals surface area contributed by atoms with Crippen molar-refractivity contribution in [1.29, 1.82) is 0 Å². The quantitative estimate of drug-likeness (QED) is 0.760. The fourth-order valence-electron chi connectivity index (χ4n) is 2.36. The molecule has 0 bridgehead atoms. The number of hydrogen-bond donors (Lipinski definition) is 1. The molecular formula is C18H17NO. The van der Waals surface area contributed by atoms with Gasteiger partial charge in [0.1, 0.15) is 6.10 Å². The molecule has 0 aliphatic carbocycles. The minimum atomic E-state index is -0.596. The van der Waals surface area contributed by atoms with E-state index in [1.54, 1.807) is 0 Å². The van der Waals surface area contributed by atoms with Gasteiger partial charge in [0.25, 0.3) is 0 Å². The Morgan fingerprint density at radius 2 is 1.55 bits per heavy atom. The smallest absolute Gasteiger partial charge is 0.104 e. The molecule has 20 heavy (non-hydrogen) atoms. The van der Waals surface area contributed by atoms with Crippen molar-refractivity contribution in [2.24, 2.45) is 0 Å². The number of aliphatic hydroxyl groups is 1. The molecule has 0 aliphatic heterocycles. The first-order valence-corrected chi connectivity index (χ1v) is 6.75. The van der Waals surface area contributed by atoms with Crippen molar-refractivity contribution >= 4 is 10.9 Å². The maximum Gasteiger partial charge on any atom is 0.104 e. The van der Waals surface area contributed by atoms with Gasteiger partial charge in [-0.05, 0) is 43.2 Å². The summed E-state index contributed by atoms with van der Waals surface area (Å²) in [5.41, 5.74) is 4.97. The number of rotatable bonds is 2. The molecule has 0 fully saturated rings. The van der Waals surface area contributed by atoms with Crippen LogP contribution in [0, 0.1) is 13.8 Å². The van der Waals surface area contributed by atoms with Gasteiger partial charge in [0.05, 0.1) is 5.52 Å². The Kier molecular flexibility index (Phi) is 3.25. The van der Waals surface area contributed by atoms with E-state index >= 15 is 0 Å². The van der Waals surface area contributed by atoms with E-state index in [0.717, 1.165) is 27.7 Å². The Morgan fingerprint density at radius 3 is 2.30 bits per heavy atom. The van der Waals surface area contributed by atoms with Crippen LogP contribution in [0.5, 0.6) is 0 Å². The second kappa shape index (κ2) is 5.06. The lowest BCUT2D eigenvalue weighted by Gasteiger charge is -2.12. The Balaban J connectivity index is 2.01. The monoisotopic (exact) mass is 263 g/mol. The van der Waals surface area contributed by atoms with Crippen LogP contribution in [0.4, 0.5) is 0 Å². The molecule has 1 N–H and O–H groups in total. The molecule has 2 heteroatoms. The molecule has 1 heterocycles. The van der Waals surface area contributed by atoms with Gasteiger partial charge in [-0.1, -0.05) is 42.0 Å². The van der Waals surface area contributed by atoms with Crippen LogP contribution in [0.3, 0.4) is 0 Å². The number of fused-ring (bicyclic) bond motifs is 1. The summed E-state index contributed by atoms with van der Waals surface area (Å²) >= 11 is 0. The van der Waals surface area contributed by atoms with Crippen molar-refractivity contribution in [2.75, 3.05) is 0 Å². The summed E-state index contributed by atoms with van der Waals surface area (Å²) in [6, 6.07) is 17.9. The van der Waals surface area contributed by atoms with Gasteiger partial charge in [-0.15, -0.1) is 0 Å². The van der Waals surface area contributed by atoms with E-state index in [1.165, 1.54) is 5.56 Å². The number of aryl methyl sites for hydroxylation is 2. The average molecular weight is 263 g/mol. The molecule has 0 saturated carbocycles. The van der Waals surface area contributed by atoms with Crippen LogP contribution in [-0.2, 0) is 0 Å². The second-order valence-electron chi connectivity index (χ2n) is 5.22. The van der Waals surface area contributed by atoms with Crippen LogP contribution < -0.4 is 0 Å². The average Bonchev–Trinajstić information content (AvgIpc) is 2.47. The molecule has 1 aromatic heterocycles. The first-order chi connectivity index (χ1) is 9.63. The molecule has 0 spiro atoms. The number of nitrogens with zero attached hydrogens (tertiary/aromatic N) is 1. The van der Waals surface area contributed by atoms with Crippen LogP contribution in [0.15, 0.2) is 54.6 Å². The van der Waals surface area contributed by atoms with Gasteiger partial charge in [-0.25, -0.2) is 0 Å². The molecule has 1 atom stereocenters. The highest BCUT2D eigenvalue weighted by molar-refractivity contribution is 5.79. The first kappa shape index (κ1) is 12.8. The minimum absolute atomic E-state index is 0.596. The Morgan fingerprint density at radius 1 is 0.850 bits per heavy atom. The summed E-state index contributed by atoms with van der Waals surface area (Å²) in [6.07, 6.45) is -0.596. The largest absolute Gasteiger partial charge is 0.384 e. The molecule has 100 valence electrons. The van der Waals surface area contributed by atoms with Gasteiger partial charge in [-0.2, -0.15) is 0 Å². The molecule has 1 unspecified atom stereocenters. The lowest BCUT2D eigenvalue weighted by molar-refractivity contribution is 0.220. The van der Waals surface area contributed by atoms with Crippen molar-refractivity contribution in [3.8, 4) is 0 Å². The fourth-order valence-corrected chi connectivity index (χ4v) is 2.36. The number of hydrogen-bond acceptors (Lipinski definition) is 2. The van der Waals surface area contributed by atoms with Gasteiger partial charge in [0, 0.05) is 11.1 Å². The van der Waals surface area contributed by atoms with E-state index in [2.05, 4.69) is 4.98 Å². The van der Waals surface area contributed by atoms with Crippen molar-refractivity contribution in [2.45, 2.75) is 20.0 Å². The lowest BCUT2D eigenvalue weighted by atomic mass is 9.99. The molecule has 0 amide bonds. The van der Waals surface area contributed by atoms with Gasteiger partial charge < -0.3 is 5.11 Å². The van der Waals surface area contributed by atoms with E-state index in [0.29, 0.717) is 0 Å². The maximum atomic E-state index is 10.5. The van der Waals surface area contributed by atoms with Crippen molar-refractivity contribution < 1.29 is 5.11 Å². The standard InChI is InChI=1S/C18H17NO/c1-12-3-6-14(7-4-12)18(20)16-9-10-17-15(11-16)8-5-13(2)19-17/h3-11,18,20H,1-2H3. The summed E-state index contributed by atoms with van der Waals surface area (Å²) in [5, 5.41) is 11.5. The minimum Gasteiger partial charge on any atom is -0.384 e. The maximum absolute atomic E-state index is 10.5. The summed E-state index contributed by atoms with van der Waals surface area (Å²) in [6.45, 7) is 4.02. The number of aliphatic hydroxyl groups excluding tert-OH is 1. The highest BCUT2D eigenvalue weighted by Gasteiger charge is 2.10. The van der Waals surface area contributed by atoms with Gasteiger partial charge >= 0.3 is 0 Å². The van der Waals surface area contributed by atoms with Crippen molar-refractivity contribution in [1.82, 2.24) is 4.98 Å². The summed E-state index contributed by atoms with van der Waals surface area (Å²) < 4.78 is 0. The summed E-state index contributed by atoms with van der Waals surface area (Å²) in [7, 11) is 0. The van der Waals surface area contributed by atoms with Crippen LogP contribution in [0.2, 0.25) is 0 Å². The van der Waals surface area contributed by atoms with E-state index in [-0.39, 0.29) is 0 Å². The molecule has 2 nitrogen and oxygen atoms in total. The first-order valence-electron chi connectivity index (χ1n) is 6.75. The summed E-state index contributed by atoms with van der Waals surface area (Å²) in [4.78, 5) is 4.48. The molecular weight excluding hydrogens is 246 g/mol. The molecule has 3 rings (SSSR count). The van der Waals surface area contributed by atoms with Crippen molar-refractivity contribution in [3.63, 3.8) is 0 Å². The van der Waals surface area contributed by atoms with E-state index < -0.39 is 6.10 Å². The van der Waals surface area contributed by atoms with E-state index in [1.807, 2.05) is 68.4 Å². The molecule has 0 saturated heterocycles. The number of benzene rings is 2. The molecule has 0 radical (unpaired) electrons. The highest BCUT2D eigenvalue weighted by atomic mass is 16.3. The topological polar surface area (TPSA) is 33.1 Å². The zero-order valence-corrected chi connectivity index (χ0v) is 11.7. The number of aromatic nitrogens is 1. The van der Waals surface area contributed by atoms with E-state index in [9.17, 15) is 5.11 Å². The number of pyridine rings is 1. The fraction of sp³-hybridized carbons (Fsp3) is 0.167. The lowest BCUT2D eigenvalue weighted by Crippen LogP contribution is -1.99. The Hall–Kier alpha value is -2.19. The van der Waals surface area contributed by atoms with Crippen LogP contribution in [0.1, 0.15) is 28.5 Å². The second-order valence-corrected chi connectivity index (χ2v) is 5.22. The summed E-state index contributed by atoms with van der Waals surface area (Å²) in [5.74, 6) is 0. The zero-order valence-electron chi connectivity index (χ0n) is 11.7. The predicted octanol–water partition coefficient (Wildman–Crippen LogP) is 3.93. The van der Waals surface area contributed by atoms with E-state index in [4.69, 9.17) is 0 Å². The third kappa shape index (κ3) is 2.43. The predicted molar refractivity (Wildman–Crippen MR) is 81.7 cm³/mol. The molecule has 0 aliphatic rings. The normalized spacial score (nSPS) is 12.6. The Bertz CT molecular complexity index is 747. The van der Waals surface area contributed by atoms with Crippen LogP contribution in [0.25, 0.3) is 10.9 Å². The van der Waals surface area contributed by atoms with Gasteiger partial charge in [-0.3, -0.25) is 4.98 Å². The molecule has 2 aromatic carbocycles. The third-order valence-corrected chi connectivity index (χ3v) is 3.56. The SMILES string of the molecule is Cc1ccc(C(O)c2ccc3nc(C)ccc3c2)cc1. The van der Waals surface area contributed by atoms with Gasteiger partial charge in [0.15, 0.2) is 0 Å². The Labute approximate surface area is 118 Å². The zero-order chi connectivity index (χ0) is 14.1. The third-order valence-electron chi connectivity index (χ3n) is 3.56. The van der Waals surface area contributed by atoms with Crippen LogP contribution >= 0.6 is 0 Å². The highest BCUT2D eigenvalue weighted by Crippen LogP contribution is 2.25. The van der Waals surface area contributed by atoms with Crippen LogP contribution in [-0.4, -0.2) is 10.1 Å². The van der Waals surface area contributed by atoms with Gasteiger partial charge in [0.2, 0.25) is 0 Å². The van der Waals surface area contributed by atoms with Crippen molar-refractivity contribution in [3.05, 3.63) is 77.0 Å².